The Hall–Kier alpha value is -1.13. The monoisotopic (exact) mass is 266 g/mol. The Morgan fingerprint density at radius 2 is 1.84 bits per heavy atom. The molecule has 19 heavy (non-hydrogen) atoms. The number of aromatic nitrogens is 1. The maximum atomic E-state index is 6.43. The first kappa shape index (κ1) is 15.9. The maximum Gasteiger partial charge on any atom is 0.137 e. The molecule has 108 valence electrons. The van der Waals surface area contributed by atoms with E-state index >= 15 is 0 Å². The largest absolute Gasteiger partial charge is 0.492 e. The van der Waals surface area contributed by atoms with Crippen molar-refractivity contribution in [1.29, 1.82) is 0 Å². The Morgan fingerprint density at radius 1 is 1.16 bits per heavy atom. The van der Waals surface area contributed by atoms with Gasteiger partial charge in [0, 0.05) is 12.8 Å². The molecular formula is C15H26N2O2. The standard InChI is InChI=1S/C15H26N2O2/c1-5-15(6-2,19-8-4)14(16)12-9-13(18-7-3)11-17-10-12/h9-11,14H,5-8,16H2,1-4H3. The molecule has 1 rings (SSSR count). The highest BCUT2D eigenvalue weighted by molar-refractivity contribution is 5.27. The molecule has 0 radical (unpaired) electrons. The highest BCUT2D eigenvalue weighted by Gasteiger charge is 2.35. The summed E-state index contributed by atoms with van der Waals surface area (Å²) in [5.41, 5.74) is 7.05. The number of hydrogen-bond acceptors (Lipinski definition) is 4. The lowest BCUT2D eigenvalue weighted by Gasteiger charge is -2.37. The molecule has 4 heteroatoms. The normalized spacial score (nSPS) is 13.3. The molecule has 0 aromatic carbocycles. The van der Waals surface area contributed by atoms with Crippen LogP contribution in [0.15, 0.2) is 18.5 Å². The van der Waals surface area contributed by atoms with Crippen LogP contribution in [0.4, 0.5) is 0 Å². The van der Waals surface area contributed by atoms with Crippen LogP contribution < -0.4 is 10.5 Å². The van der Waals surface area contributed by atoms with Gasteiger partial charge in [0.15, 0.2) is 0 Å². The molecule has 1 unspecified atom stereocenters. The molecule has 0 spiro atoms. The van der Waals surface area contributed by atoms with Crippen molar-refractivity contribution in [1.82, 2.24) is 4.98 Å². The number of rotatable bonds is 8. The van der Waals surface area contributed by atoms with Crippen molar-refractivity contribution in [2.24, 2.45) is 5.73 Å². The van der Waals surface area contributed by atoms with E-state index < -0.39 is 0 Å². The van der Waals surface area contributed by atoms with Gasteiger partial charge in [-0.3, -0.25) is 4.98 Å². The Kier molecular flexibility index (Phi) is 6.25. The van der Waals surface area contributed by atoms with Gasteiger partial charge in [-0.15, -0.1) is 0 Å². The maximum absolute atomic E-state index is 6.43. The van der Waals surface area contributed by atoms with E-state index in [2.05, 4.69) is 18.8 Å². The lowest BCUT2D eigenvalue weighted by atomic mass is 9.85. The smallest absolute Gasteiger partial charge is 0.137 e. The summed E-state index contributed by atoms with van der Waals surface area (Å²) in [5, 5.41) is 0. The topological polar surface area (TPSA) is 57.4 Å². The molecule has 0 aliphatic rings. The first-order valence-corrected chi connectivity index (χ1v) is 7.10. The van der Waals surface area contributed by atoms with Gasteiger partial charge >= 0.3 is 0 Å². The highest BCUT2D eigenvalue weighted by Crippen LogP contribution is 2.34. The van der Waals surface area contributed by atoms with E-state index in [4.69, 9.17) is 15.2 Å². The van der Waals surface area contributed by atoms with Gasteiger partial charge < -0.3 is 15.2 Å². The fourth-order valence-electron chi connectivity index (χ4n) is 2.43. The van der Waals surface area contributed by atoms with Crippen LogP contribution in [0.2, 0.25) is 0 Å². The Labute approximate surface area is 116 Å². The quantitative estimate of drug-likeness (QED) is 0.785. The van der Waals surface area contributed by atoms with Crippen LogP contribution in [0.1, 0.15) is 52.1 Å². The Morgan fingerprint density at radius 3 is 2.37 bits per heavy atom. The lowest BCUT2D eigenvalue weighted by molar-refractivity contribution is -0.0646. The second kappa shape index (κ2) is 7.46. The van der Waals surface area contributed by atoms with Crippen molar-refractivity contribution in [2.45, 2.75) is 52.2 Å². The summed E-state index contributed by atoms with van der Waals surface area (Å²) >= 11 is 0. The average molecular weight is 266 g/mol. The highest BCUT2D eigenvalue weighted by atomic mass is 16.5. The van der Waals surface area contributed by atoms with E-state index in [1.54, 1.807) is 12.4 Å². The number of nitrogens with zero attached hydrogens (tertiary/aromatic N) is 1. The van der Waals surface area contributed by atoms with Gasteiger partial charge in [0.1, 0.15) is 5.75 Å². The van der Waals surface area contributed by atoms with Gasteiger partial charge in [-0.05, 0) is 38.3 Å². The molecule has 1 aromatic rings. The third kappa shape index (κ3) is 3.67. The zero-order valence-corrected chi connectivity index (χ0v) is 12.5. The zero-order valence-electron chi connectivity index (χ0n) is 12.5. The molecule has 4 nitrogen and oxygen atoms in total. The van der Waals surface area contributed by atoms with Crippen LogP contribution in [0.25, 0.3) is 0 Å². The molecule has 1 atom stereocenters. The molecule has 0 aliphatic carbocycles. The van der Waals surface area contributed by atoms with Crippen LogP contribution in [0, 0.1) is 0 Å². The second-order valence-corrected chi connectivity index (χ2v) is 4.57. The molecule has 0 saturated heterocycles. The minimum absolute atomic E-state index is 0.199. The first-order valence-electron chi connectivity index (χ1n) is 7.10. The minimum Gasteiger partial charge on any atom is -0.492 e. The third-order valence-electron chi connectivity index (χ3n) is 3.60. The summed E-state index contributed by atoms with van der Waals surface area (Å²) in [5.74, 6) is 0.757. The summed E-state index contributed by atoms with van der Waals surface area (Å²) in [7, 11) is 0. The van der Waals surface area contributed by atoms with Crippen molar-refractivity contribution in [3.05, 3.63) is 24.0 Å². The van der Waals surface area contributed by atoms with Crippen LogP contribution in [0.5, 0.6) is 5.75 Å². The summed E-state index contributed by atoms with van der Waals surface area (Å²) < 4.78 is 11.4. The molecular weight excluding hydrogens is 240 g/mol. The molecule has 1 aromatic heterocycles. The SMILES string of the molecule is CCOc1cncc(C(N)C(CC)(CC)OCC)c1. The molecule has 0 amide bonds. The molecule has 0 bridgehead atoms. The van der Waals surface area contributed by atoms with E-state index in [-0.39, 0.29) is 11.6 Å². The van der Waals surface area contributed by atoms with E-state index in [1.165, 1.54) is 0 Å². The van der Waals surface area contributed by atoms with Gasteiger partial charge in [-0.1, -0.05) is 13.8 Å². The summed E-state index contributed by atoms with van der Waals surface area (Å²) in [6.45, 7) is 9.46. The number of nitrogens with two attached hydrogens (primary N) is 1. The van der Waals surface area contributed by atoms with Crippen molar-refractivity contribution in [3.63, 3.8) is 0 Å². The van der Waals surface area contributed by atoms with Crippen LogP contribution in [0.3, 0.4) is 0 Å². The first-order chi connectivity index (χ1) is 9.13. The van der Waals surface area contributed by atoms with E-state index in [0.717, 1.165) is 24.2 Å². The van der Waals surface area contributed by atoms with E-state index in [1.807, 2.05) is 19.9 Å². The van der Waals surface area contributed by atoms with Crippen LogP contribution in [-0.2, 0) is 4.74 Å². The van der Waals surface area contributed by atoms with Crippen molar-refractivity contribution >= 4 is 0 Å². The minimum atomic E-state index is -0.332. The second-order valence-electron chi connectivity index (χ2n) is 4.57. The fraction of sp³-hybridized carbons (Fsp3) is 0.667. The van der Waals surface area contributed by atoms with Gasteiger partial charge in [0.05, 0.1) is 24.4 Å². The zero-order chi connectivity index (χ0) is 14.3. The lowest BCUT2D eigenvalue weighted by Crippen LogP contribution is -2.43. The van der Waals surface area contributed by atoms with Gasteiger partial charge in [-0.2, -0.15) is 0 Å². The number of pyridine rings is 1. The Bertz CT molecular complexity index is 378. The van der Waals surface area contributed by atoms with Crippen LogP contribution >= 0.6 is 0 Å². The molecule has 1 heterocycles. The number of ether oxygens (including phenoxy) is 2. The average Bonchev–Trinajstić information content (AvgIpc) is 2.45. The number of hydrogen-bond donors (Lipinski definition) is 1. The van der Waals surface area contributed by atoms with Gasteiger partial charge in [0.25, 0.3) is 0 Å². The molecule has 0 fully saturated rings. The van der Waals surface area contributed by atoms with E-state index in [0.29, 0.717) is 13.2 Å². The summed E-state index contributed by atoms with van der Waals surface area (Å²) in [4.78, 5) is 4.21. The summed E-state index contributed by atoms with van der Waals surface area (Å²) in [6.07, 6.45) is 5.25. The van der Waals surface area contributed by atoms with Gasteiger partial charge in [-0.25, -0.2) is 0 Å². The van der Waals surface area contributed by atoms with Crippen molar-refractivity contribution in [3.8, 4) is 5.75 Å². The summed E-state index contributed by atoms with van der Waals surface area (Å²) in [6, 6.07) is 1.76. The molecule has 0 aliphatic heterocycles. The predicted molar refractivity (Wildman–Crippen MR) is 77.3 cm³/mol. The molecule has 2 N–H and O–H groups in total. The van der Waals surface area contributed by atoms with Crippen molar-refractivity contribution < 1.29 is 9.47 Å². The predicted octanol–water partition coefficient (Wildman–Crippen LogP) is 3.08. The van der Waals surface area contributed by atoms with Crippen molar-refractivity contribution in [2.75, 3.05) is 13.2 Å². The fourth-order valence-corrected chi connectivity index (χ4v) is 2.43. The third-order valence-corrected chi connectivity index (χ3v) is 3.60. The molecule has 0 saturated carbocycles. The van der Waals surface area contributed by atoms with Crippen LogP contribution in [-0.4, -0.2) is 23.8 Å². The Balaban J connectivity index is 3.01. The van der Waals surface area contributed by atoms with Gasteiger partial charge in [0.2, 0.25) is 0 Å². The van der Waals surface area contributed by atoms with E-state index in [9.17, 15) is 0 Å².